The van der Waals surface area contributed by atoms with Gasteiger partial charge in [-0.1, -0.05) is 11.6 Å². The lowest BCUT2D eigenvalue weighted by Gasteiger charge is -2.17. The Kier molecular flexibility index (Phi) is 4.64. The maximum atomic E-state index is 12.1. The standard InChI is InChI=1S/C11H13Cl2NO3S/c1-4-14(3)11(15)9-5-8(12)6-10(7(9)2)18(13,16)17/h5-6H,4H2,1-3H3. The Morgan fingerprint density at radius 1 is 1.39 bits per heavy atom. The van der Waals surface area contributed by atoms with E-state index in [9.17, 15) is 13.2 Å². The van der Waals surface area contributed by atoms with Crippen LogP contribution < -0.4 is 0 Å². The van der Waals surface area contributed by atoms with Crippen molar-refractivity contribution in [2.75, 3.05) is 13.6 Å². The Balaban J connectivity index is 3.48. The summed E-state index contributed by atoms with van der Waals surface area (Å²) in [7, 11) is 3.01. The van der Waals surface area contributed by atoms with Crippen molar-refractivity contribution < 1.29 is 13.2 Å². The molecule has 1 aromatic carbocycles. The molecule has 0 aromatic heterocycles. The van der Waals surface area contributed by atoms with E-state index in [1.54, 1.807) is 7.05 Å². The molecule has 0 fully saturated rings. The summed E-state index contributed by atoms with van der Waals surface area (Å²) >= 11 is 5.83. The highest BCUT2D eigenvalue weighted by Gasteiger charge is 2.21. The van der Waals surface area contributed by atoms with Crippen LogP contribution in [0.5, 0.6) is 0 Å². The summed E-state index contributed by atoms with van der Waals surface area (Å²) in [5, 5.41) is 0.160. The van der Waals surface area contributed by atoms with Crippen molar-refractivity contribution in [3.63, 3.8) is 0 Å². The van der Waals surface area contributed by atoms with Gasteiger partial charge in [0.15, 0.2) is 0 Å². The van der Waals surface area contributed by atoms with Crippen molar-refractivity contribution in [1.29, 1.82) is 0 Å². The molecule has 0 aliphatic rings. The van der Waals surface area contributed by atoms with E-state index in [-0.39, 0.29) is 21.4 Å². The number of hydrogen-bond acceptors (Lipinski definition) is 3. The van der Waals surface area contributed by atoms with Crippen LogP contribution in [0.15, 0.2) is 17.0 Å². The molecular weight excluding hydrogens is 297 g/mol. The summed E-state index contributed by atoms with van der Waals surface area (Å²) in [6.45, 7) is 3.85. The normalized spacial score (nSPS) is 11.4. The van der Waals surface area contributed by atoms with Crippen molar-refractivity contribution in [3.8, 4) is 0 Å². The molecule has 4 nitrogen and oxygen atoms in total. The number of carbonyl (C=O) groups is 1. The van der Waals surface area contributed by atoms with Crippen LogP contribution in [0, 0.1) is 6.92 Å². The summed E-state index contributed by atoms with van der Waals surface area (Å²) in [5.41, 5.74) is 0.547. The van der Waals surface area contributed by atoms with Gasteiger partial charge in [-0.3, -0.25) is 4.79 Å². The van der Waals surface area contributed by atoms with E-state index in [4.69, 9.17) is 22.3 Å². The van der Waals surface area contributed by atoms with E-state index in [1.807, 2.05) is 6.92 Å². The molecular formula is C11H13Cl2NO3S. The van der Waals surface area contributed by atoms with Crippen molar-refractivity contribution in [3.05, 3.63) is 28.3 Å². The van der Waals surface area contributed by atoms with Gasteiger partial charge in [0.25, 0.3) is 15.0 Å². The van der Waals surface area contributed by atoms with Crippen molar-refractivity contribution in [1.82, 2.24) is 4.90 Å². The molecule has 7 heteroatoms. The van der Waals surface area contributed by atoms with Crippen LogP contribution in [0.2, 0.25) is 5.02 Å². The molecule has 0 radical (unpaired) electrons. The lowest BCUT2D eigenvalue weighted by molar-refractivity contribution is 0.0801. The molecule has 1 aromatic rings. The van der Waals surface area contributed by atoms with Crippen molar-refractivity contribution >= 4 is 37.2 Å². The van der Waals surface area contributed by atoms with Gasteiger partial charge in [-0.2, -0.15) is 0 Å². The van der Waals surface area contributed by atoms with Gasteiger partial charge in [0.1, 0.15) is 0 Å². The second-order valence-corrected chi connectivity index (χ2v) is 6.80. The first kappa shape index (κ1) is 15.3. The largest absolute Gasteiger partial charge is 0.342 e. The van der Waals surface area contributed by atoms with Gasteiger partial charge in [0, 0.05) is 34.9 Å². The quantitative estimate of drug-likeness (QED) is 0.807. The van der Waals surface area contributed by atoms with E-state index in [1.165, 1.54) is 24.0 Å². The lowest BCUT2D eigenvalue weighted by Crippen LogP contribution is -2.27. The van der Waals surface area contributed by atoms with Crippen LogP contribution in [0.25, 0.3) is 0 Å². The van der Waals surface area contributed by atoms with E-state index in [0.717, 1.165) is 0 Å². The van der Waals surface area contributed by atoms with Gasteiger partial charge >= 0.3 is 0 Å². The third-order valence-electron chi connectivity index (χ3n) is 2.64. The summed E-state index contributed by atoms with van der Waals surface area (Å²) in [4.78, 5) is 13.4. The minimum absolute atomic E-state index is 0.135. The van der Waals surface area contributed by atoms with Crippen LogP contribution >= 0.6 is 22.3 Å². The van der Waals surface area contributed by atoms with Gasteiger partial charge in [-0.05, 0) is 31.5 Å². The number of amides is 1. The highest BCUT2D eigenvalue weighted by Crippen LogP contribution is 2.27. The molecule has 18 heavy (non-hydrogen) atoms. The van der Waals surface area contributed by atoms with Gasteiger partial charge in [-0.15, -0.1) is 0 Å². The average Bonchev–Trinajstić information content (AvgIpc) is 2.28. The summed E-state index contributed by atoms with van der Waals surface area (Å²) in [6, 6.07) is 2.68. The fourth-order valence-electron chi connectivity index (χ4n) is 1.48. The molecule has 0 saturated heterocycles. The van der Waals surface area contributed by atoms with E-state index >= 15 is 0 Å². The maximum Gasteiger partial charge on any atom is 0.261 e. The molecule has 0 spiro atoms. The molecule has 1 rings (SSSR count). The van der Waals surface area contributed by atoms with E-state index in [0.29, 0.717) is 12.1 Å². The van der Waals surface area contributed by atoms with Gasteiger partial charge < -0.3 is 4.90 Å². The number of nitrogens with zero attached hydrogens (tertiary/aromatic N) is 1. The highest BCUT2D eigenvalue weighted by molar-refractivity contribution is 8.13. The lowest BCUT2D eigenvalue weighted by atomic mass is 10.1. The van der Waals surface area contributed by atoms with Crippen LogP contribution in [-0.2, 0) is 9.05 Å². The Hall–Kier alpha value is -0.780. The van der Waals surface area contributed by atoms with Crippen molar-refractivity contribution in [2.45, 2.75) is 18.7 Å². The molecule has 0 unspecified atom stereocenters. The number of halogens is 2. The number of benzene rings is 1. The summed E-state index contributed by atoms with van der Waals surface area (Å²) in [5.74, 6) is -0.293. The monoisotopic (exact) mass is 309 g/mol. The first-order valence-corrected chi connectivity index (χ1v) is 7.87. The second-order valence-electron chi connectivity index (χ2n) is 3.83. The van der Waals surface area contributed by atoms with Crippen LogP contribution in [0.1, 0.15) is 22.8 Å². The predicted molar refractivity (Wildman–Crippen MR) is 71.9 cm³/mol. The predicted octanol–water partition coefficient (Wildman–Crippen LogP) is 2.67. The highest BCUT2D eigenvalue weighted by atomic mass is 35.7. The summed E-state index contributed by atoms with van der Waals surface area (Å²) in [6.07, 6.45) is 0. The van der Waals surface area contributed by atoms with Crippen LogP contribution in [0.4, 0.5) is 0 Å². The average molecular weight is 310 g/mol. The third kappa shape index (κ3) is 3.16. The molecule has 1 amide bonds. The SMILES string of the molecule is CCN(C)C(=O)c1cc(Cl)cc(S(=O)(=O)Cl)c1C. The molecule has 100 valence electrons. The Morgan fingerprint density at radius 3 is 2.39 bits per heavy atom. The fraction of sp³-hybridized carbons (Fsp3) is 0.364. The fourth-order valence-corrected chi connectivity index (χ4v) is 2.99. The molecule has 0 aliphatic carbocycles. The molecule has 0 bridgehead atoms. The van der Waals surface area contributed by atoms with E-state index < -0.39 is 9.05 Å². The number of rotatable bonds is 3. The smallest absolute Gasteiger partial charge is 0.261 e. The van der Waals surface area contributed by atoms with Crippen LogP contribution in [-0.4, -0.2) is 32.8 Å². The van der Waals surface area contributed by atoms with E-state index in [2.05, 4.69) is 0 Å². The van der Waals surface area contributed by atoms with Gasteiger partial charge in [0.05, 0.1) is 4.90 Å². The topological polar surface area (TPSA) is 54.5 Å². The Morgan fingerprint density at radius 2 is 1.94 bits per heavy atom. The minimum atomic E-state index is -3.93. The number of carbonyl (C=O) groups excluding carboxylic acids is 1. The van der Waals surface area contributed by atoms with Gasteiger partial charge in [-0.25, -0.2) is 8.42 Å². The molecule has 0 atom stereocenters. The molecule has 0 saturated carbocycles. The number of hydrogen-bond donors (Lipinski definition) is 0. The summed E-state index contributed by atoms with van der Waals surface area (Å²) < 4.78 is 22.8. The van der Waals surface area contributed by atoms with Gasteiger partial charge in [0.2, 0.25) is 0 Å². The first-order chi connectivity index (χ1) is 8.18. The third-order valence-corrected chi connectivity index (χ3v) is 4.31. The molecule has 0 N–H and O–H groups in total. The maximum absolute atomic E-state index is 12.1. The Labute approximate surface area is 116 Å². The zero-order valence-electron chi connectivity index (χ0n) is 10.2. The Bertz CT molecular complexity index is 584. The first-order valence-electron chi connectivity index (χ1n) is 5.18. The second kappa shape index (κ2) is 5.47. The van der Waals surface area contributed by atoms with Crippen LogP contribution in [0.3, 0.4) is 0 Å². The zero-order chi connectivity index (χ0) is 14.1. The zero-order valence-corrected chi connectivity index (χ0v) is 12.5. The van der Waals surface area contributed by atoms with Crippen molar-refractivity contribution in [2.24, 2.45) is 0 Å². The minimum Gasteiger partial charge on any atom is -0.342 e. The molecule has 0 heterocycles. The molecule has 0 aliphatic heterocycles.